The zero-order valence-corrected chi connectivity index (χ0v) is 10.1. The normalized spacial score (nSPS) is 17.1. The highest BCUT2D eigenvalue weighted by Crippen LogP contribution is 2.27. The van der Waals surface area contributed by atoms with Crippen molar-refractivity contribution in [1.82, 2.24) is 5.32 Å². The number of nitrogens with one attached hydrogen (secondary N) is 1. The third-order valence-corrected chi connectivity index (χ3v) is 3.18. The summed E-state index contributed by atoms with van der Waals surface area (Å²) >= 11 is 0.779. The molecule has 2 amide bonds. The topological polar surface area (TPSA) is 89.3 Å². The minimum atomic E-state index is -0.482. The van der Waals surface area contributed by atoms with E-state index < -0.39 is 16.1 Å². The highest BCUT2D eigenvalue weighted by molar-refractivity contribution is 8.18. The highest BCUT2D eigenvalue weighted by atomic mass is 32.2. The minimum Gasteiger partial charge on any atom is -0.282 e. The average molecular weight is 264 g/mol. The number of hydrogen-bond donors (Lipinski definition) is 1. The lowest BCUT2D eigenvalue weighted by Gasteiger charge is -1.99. The molecule has 0 spiro atoms. The van der Waals surface area contributed by atoms with E-state index in [9.17, 15) is 19.7 Å². The van der Waals surface area contributed by atoms with Gasteiger partial charge in [-0.1, -0.05) is 12.1 Å². The number of nitro groups is 1. The van der Waals surface area contributed by atoms with Crippen molar-refractivity contribution in [2.75, 3.05) is 0 Å². The molecule has 0 saturated carbocycles. The van der Waals surface area contributed by atoms with Crippen molar-refractivity contribution >= 4 is 34.7 Å². The van der Waals surface area contributed by atoms with Gasteiger partial charge in [-0.05, 0) is 30.3 Å². The van der Waals surface area contributed by atoms with Crippen LogP contribution in [0.5, 0.6) is 0 Å². The first-order valence-corrected chi connectivity index (χ1v) is 5.79. The third kappa shape index (κ3) is 2.40. The summed E-state index contributed by atoms with van der Waals surface area (Å²) in [5.74, 6) is -0.478. The fourth-order valence-corrected chi connectivity index (χ4v) is 2.17. The molecule has 1 saturated heterocycles. The van der Waals surface area contributed by atoms with E-state index in [1.807, 2.05) is 0 Å². The number of benzene rings is 1. The molecule has 1 fully saturated rings. The zero-order chi connectivity index (χ0) is 13.3. The first kappa shape index (κ1) is 12.3. The van der Waals surface area contributed by atoms with Gasteiger partial charge in [0.1, 0.15) is 0 Å². The van der Waals surface area contributed by atoms with E-state index in [0.29, 0.717) is 11.1 Å². The number of aryl methyl sites for hydroxylation is 1. The van der Waals surface area contributed by atoms with Gasteiger partial charge in [0.25, 0.3) is 16.8 Å². The Morgan fingerprint density at radius 1 is 1.39 bits per heavy atom. The number of thioether (sulfide) groups is 1. The predicted molar refractivity (Wildman–Crippen MR) is 66.9 cm³/mol. The summed E-state index contributed by atoms with van der Waals surface area (Å²) in [7, 11) is 0. The average Bonchev–Trinajstić information content (AvgIpc) is 2.60. The van der Waals surface area contributed by atoms with Crippen LogP contribution < -0.4 is 5.32 Å². The van der Waals surface area contributed by atoms with Crippen LogP contribution in [-0.4, -0.2) is 16.1 Å². The molecule has 0 aliphatic carbocycles. The fraction of sp³-hybridized carbons (Fsp3) is 0.0909. The van der Waals surface area contributed by atoms with Gasteiger partial charge in [-0.3, -0.25) is 25.0 Å². The third-order valence-electron chi connectivity index (χ3n) is 2.37. The summed E-state index contributed by atoms with van der Waals surface area (Å²) in [5, 5.41) is 12.5. The van der Waals surface area contributed by atoms with Gasteiger partial charge in [-0.2, -0.15) is 0 Å². The maximum absolute atomic E-state index is 11.3. The van der Waals surface area contributed by atoms with Crippen LogP contribution in [0.4, 0.5) is 10.5 Å². The molecule has 1 aliphatic rings. The molecule has 1 heterocycles. The van der Waals surface area contributed by atoms with Crippen LogP contribution in [0, 0.1) is 17.0 Å². The number of nitro benzene ring substituents is 1. The predicted octanol–water partition coefficient (Wildman–Crippen LogP) is 2.23. The van der Waals surface area contributed by atoms with Crippen LogP contribution in [0.1, 0.15) is 11.1 Å². The Balaban J connectivity index is 2.38. The molecule has 0 atom stereocenters. The van der Waals surface area contributed by atoms with Gasteiger partial charge < -0.3 is 0 Å². The highest BCUT2D eigenvalue weighted by Gasteiger charge is 2.25. The number of carbonyl (C=O) groups is 2. The van der Waals surface area contributed by atoms with Crippen molar-refractivity contribution in [1.29, 1.82) is 0 Å². The van der Waals surface area contributed by atoms with E-state index in [-0.39, 0.29) is 10.6 Å². The van der Waals surface area contributed by atoms with Gasteiger partial charge in [0.2, 0.25) is 0 Å². The van der Waals surface area contributed by atoms with Gasteiger partial charge in [-0.25, -0.2) is 0 Å². The summed E-state index contributed by atoms with van der Waals surface area (Å²) in [6, 6.07) is 4.63. The van der Waals surface area contributed by atoms with Crippen molar-refractivity contribution < 1.29 is 14.5 Å². The summed E-state index contributed by atoms with van der Waals surface area (Å²) in [6.45, 7) is 1.63. The van der Waals surface area contributed by atoms with Crippen LogP contribution in [-0.2, 0) is 4.79 Å². The number of imide groups is 1. The van der Waals surface area contributed by atoms with Crippen molar-refractivity contribution in [3.63, 3.8) is 0 Å². The molecule has 0 unspecified atom stereocenters. The number of amides is 2. The molecule has 0 bridgehead atoms. The SMILES string of the molecule is Cc1ccc(/C=C2/SC(=O)NC2=O)cc1[N+](=O)[O-]. The number of carbonyl (C=O) groups excluding carboxylic acids is 2. The second-order valence-corrected chi connectivity index (χ2v) is 4.67. The van der Waals surface area contributed by atoms with Gasteiger partial charge in [0.05, 0.1) is 9.83 Å². The molecule has 1 aromatic rings. The first-order valence-electron chi connectivity index (χ1n) is 4.97. The standard InChI is InChI=1S/C11H8N2O4S/c1-6-2-3-7(4-8(6)13(16)17)5-9-10(14)12-11(15)18-9/h2-5H,1H3,(H,12,14,15)/b9-5+. The van der Waals surface area contributed by atoms with Crippen molar-refractivity contribution in [2.45, 2.75) is 6.92 Å². The Morgan fingerprint density at radius 3 is 2.67 bits per heavy atom. The summed E-state index contributed by atoms with van der Waals surface area (Å²) in [4.78, 5) is 32.8. The van der Waals surface area contributed by atoms with Crippen LogP contribution in [0.2, 0.25) is 0 Å². The molecule has 18 heavy (non-hydrogen) atoms. The first-order chi connectivity index (χ1) is 8.47. The molecule has 7 heteroatoms. The van der Waals surface area contributed by atoms with E-state index in [1.54, 1.807) is 19.1 Å². The molecule has 92 valence electrons. The summed E-state index contributed by atoms with van der Waals surface area (Å²) in [5.41, 5.74) is 1.04. The fourth-order valence-electron chi connectivity index (χ4n) is 1.49. The van der Waals surface area contributed by atoms with Crippen LogP contribution in [0.15, 0.2) is 23.1 Å². The monoisotopic (exact) mass is 264 g/mol. The number of hydrogen-bond acceptors (Lipinski definition) is 5. The van der Waals surface area contributed by atoms with Crippen molar-refractivity contribution in [3.8, 4) is 0 Å². The van der Waals surface area contributed by atoms with E-state index in [0.717, 1.165) is 11.8 Å². The smallest absolute Gasteiger partial charge is 0.282 e. The largest absolute Gasteiger partial charge is 0.290 e. The van der Waals surface area contributed by atoms with E-state index in [2.05, 4.69) is 5.32 Å². The number of rotatable bonds is 2. The quantitative estimate of drug-likeness (QED) is 0.502. The Bertz CT molecular complexity index is 595. The molecule has 6 nitrogen and oxygen atoms in total. The molecule has 0 radical (unpaired) electrons. The molecule has 1 aromatic carbocycles. The Kier molecular flexibility index (Phi) is 3.15. The molecule has 2 rings (SSSR count). The van der Waals surface area contributed by atoms with E-state index >= 15 is 0 Å². The van der Waals surface area contributed by atoms with Crippen LogP contribution >= 0.6 is 11.8 Å². The molecule has 1 N–H and O–H groups in total. The van der Waals surface area contributed by atoms with Gasteiger partial charge >= 0.3 is 0 Å². The lowest BCUT2D eigenvalue weighted by molar-refractivity contribution is -0.385. The van der Waals surface area contributed by atoms with E-state index in [1.165, 1.54) is 12.1 Å². The lowest BCUT2D eigenvalue weighted by atomic mass is 10.1. The molecule has 1 aliphatic heterocycles. The van der Waals surface area contributed by atoms with Gasteiger partial charge in [-0.15, -0.1) is 0 Å². The second kappa shape index (κ2) is 4.61. The maximum Gasteiger partial charge on any atom is 0.290 e. The van der Waals surface area contributed by atoms with Crippen LogP contribution in [0.25, 0.3) is 6.08 Å². The Morgan fingerprint density at radius 2 is 2.11 bits per heavy atom. The van der Waals surface area contributed by atoms with Crippen LogP contribution in [0.3, 0.4) is 0 Å². The number of nitrogens with zero attached hydrogens (tertiary/aromatic N) is 1. The maximum atomic E-state index is 11.3. The van der Waals surface area contributed by atoms with Gasteiger partial charge in [0.15, 0.2) is 0 Å². The Labute approximate surface area is 106 Å². The van der Waals surface area contributed by atoms with Crippen molar-refractivity contribution in [3.05, 3.63) is 44.3 Å². The van der Waals surface area contributed by atoms with E-state index in [4.69, 9.17) is 0 Å². The lowest BCUT2D eigenvalue weighted by Crippen LogP contribution is -2.17. The summed E-state index contributed by atoms with van der Waals surface area (Å²) in [6.07, 6.45) is 1.46. The minimum absolute atomic E-state index is 0.0147. The van der Waals surface area contributed by atoms with Gasteiger partial charge in [0, 0.05) is 11.6 Å². The molecular weight excluding hydrogens is 256 g/mol. The second-order valence-electron chi connectivity index (χ2n) is 3.66. The summed E-state index contributed by atoms with van der Waals surface area (Å²) < 4.78 is 0. The molecular formula is C11H8N2O4S. The van der Waals surface area contributed by atoms with Crippen molar-refractivity contribution in [2.24, 2.45) is 0 Å². The zero-order valence-electron chi connectivity index (χ0n) is 9.30. The Hall–Kier alpha value is -2.15. The molecule has 0 aromatic heterocycles.